The molecule has 2 aromatic rings. The maximum absolute atomic E-state index is 5.82. The number of benzene rings is 1. The lowest BCUT2D eigenvalue weighted by Crippen LogP contribution is -2.03. The van der Waals surface area contributed by atoms with Gasteiger partial charge < -0.3 is 9.30 Å². The van der Waals surface area contributed by atoms with E-state index in [0.717, 1.165) is 16.5 Å². The molecule has 1 heterocycles. The minimum Gasteiger partial charge on any atom is -0.487 e. The van der Waals surface area contributed by atoms with Gasteiger partial charge in [-0.3, -0.25) is 0 Å². The van der Waals surface area contributed by atoms with E-state index in [1.807, 2.05) is 36.8 Å². The number of hydrogen-bond acceptors (Lipinski definition) is 2. The second-order valence-corrected chi connectivity index (χ2v) is 4.70. The molecule has 0 amide bonds. The van der Waals surface area contributed by atoms with Crippen LogP contribution in [0.5, 0.6) is 5.75 Å². The lowest BCUT2D eigenvalue weighted by molar-refractivity contribution is 0.295. The van der Waals surface area contributed by atoms with Gasteiger partial charge in [0.05, 0.1) is 18.2 Å². The zero-order valence-electron chi connectivity index (χ0n) is 9.34. The zero-order valence-corrected chi connectivity index (χ0v) is 10.1. The molecular weight excluding hydrogens is 236 g/mol. The molecule has 1 saturated carbocycles. The highest BCUT2D eigenvalue weighted by atomic mass is 35.5. The fourth-order valence-electron chi connectivity index (χ4n) is 1.81. The van der Waals surface area contributed by atoms with E-state index in [1.54, 1.807) is 0 Å². The summed E-state index contributed by atoms with van der Waals surface area (Å²) in [5.41, 5.74) is 1.13. The Kier molecular flexibility index (Phi) is 2.77. The highest BCUT2D eigenvalue weighted by Crippen LogP contribution is 2.35. The van der Waals surface area contributed by atoms with Gasteiger partial charge in [0, 0.05) is 11.1 Å². The van der Waals surface area contributed by atoms with E-state index < -0.39 is 0 Å². The number of nitrogens with zero attached hydrogens (tertiary/aromatic N) is 2. The van der Waals surface area contributed by atoms with Crippen molar-refractivity contribution < 1.29 is 4.74 Å². The van der Waals surface area contributed by atoms with Gasteiger partial charge in [-0.1, -0.05) is 11.6 Å². The molecule has 0 saturated heterocycles. The fourth-order valence-corrected chi connectivity index (χ4v) is 1.94. The third-order valence-electron chi connectivity index (χ3n) is 2.89. The van der Waals surface area contributed by atoms with Crippen LogP contribution in [0.4, 0.5) is 0 Å². The molecule has 0 bridgehead atoms. The molecule has 3 nitrogen and oxygen atoms in total. The van der Waals surface area contributed by atoms with E-state index >= 15 is 0 Å². The number of aromatic nitrogens is 2. The van der Waals surface area contributed by atoms with E-state index in [1.165, 1.54) is 12.8 Å². The van der Waals surface area contributed by atoms with Crippen LogP contribution < -0.4 is 4.74 Å². The van der Waals surface area contributed by atoms with E-state index in [4.69, 9.17) is 16.3 Å². The van der Waals surface area contributed by atoms with Crippen molar-refractivity contribution >= 4 is 11.6 Å². The van der Waals surface area contributed by atoms with Gasteiger partial charge in [0.2, 0.25) is 0 Å². The minimum absolute atomic E-state index is 0.554. The third kappa shape index (κ3) is 2.44. The molecule has 88 valence electrons. The Bertz CT molecular complexity index is 502. The third-order valence-corrected chi connectivity index (χ3v) is 3.14. The summed E-state index contributed by atoms with van der Waals surface area (Å²) < 4.78 is 7.91. The second-order valence-electron chi connectivity index (χ2n) is 4.27. The Balaban J connectivity index is 1.67. The smallest absolute Gasteiger partial charge is 0.130 e. The molecule has 1 aliphatic carbocycles. The summed E-state index contributed by atoms with van der Waals surface area (Å²) in [4.78, 5) is 4.17. The Morgan fingerprint density at radius 1 is 1.29 bits per heavy atom. The Hall–Kier alpha value is -1.48. The van der Waals surface area contributed by atoms with Gasteiger partial charge in [0.25, 0.3) is 0 Å². The summed E-state index contributed by atoms with van der Waals surface area (Å²) >= 11 is 5.82. The van der Waals surface area contributed by atoms with Crippen LogP contribution in [-0.2, 0) is 6.61 Å². The first-order valence-electron chi connectivity index (χ1n) is 5.72. The Morgan fingerprint density at radius 2 is 2.06 bits per heavy atom. The topological polar surface area (TPSA) is 27.1 Å². The molecule has 0 radical (unpaired) electrons. The average Bonchev–Trinajstić information content (AvgIpc) is 3.08. The fraction of sp³-hybridized carbons (Fsp3) is 0.308. The van der Waals surface area contributed by atoms with Gasteiger partial charge in [-0.2, -0.15) is 0 Å². The first-order chi connectivity index (χ1) is 8.33. The van der Waals surface area contributed by atoms with Gasteiger partial charge in [0.1, 0.15) is 12.4 Å². The molecule has 0 aliphatic heterocycles. The summed E-state index contributed by atoms with van der Waals surface area (Å²) in [6, 6.07) is 8.05. The SMILES string of the molecule is Clc1ccc(OCc2cncn2C2CC2)cc1. The summed E-state index contributed by atoms with van der Waals surface area (Å²) in [7, 11) is 0. The van der Waals surface area contributed by atoms with Crippen molar-refractivity contribution in [2.24, 2.45) is 0 Å². The maximum Gasteiger partial charge on any atom is 0.130 e. The van der Waals surface area contributed by atoms with Crippen LogP contribution in [0.2, 0.25) is 5.02 Å². The van der Waals surface area contributed by atoms with Gasteiger partial charge in [-0.05, 0) is 37.1 Å². The molecule has 0 spiro atoms. The number of ether oxygens (including phenoxy) is 1. The van der Waals surface area contributed by atoms with E-state index in [0.29, 0.717) is 12.6 Å². The zero-order chi connectivity index (χ0) is 11.7. The largest absolute Gasteiger partial charge is 0.487 e. The van der Waals surface area contributed by atoms with Crippen molar-refractivity contribution in [2.45, 2.75) is 25.5 Å². The van der Waals surface area contributed by atoms with Crippen LogP contribution >= 0.6 is 11.6 Å². The minimum atomic E-state index is 0.554. The summed E-state index contributed by atoms with van der Waals surface area (Å²) in [6.45, 7) is 0.554. The molecule has 1 aromatic carbocycles. The van der Waals surface area contributed by atoms with E-state index in [2.05, 4.69) is 9.55 Å². The molecule has 4 heteroatoms. The number of imidazole rings is 1. The van der Waals surface area contributed by atoms with Crippen molar-refractivity contribution in [3.63, 3.8) is 0 Å². The molecule has 3 rings (SSSR count). The van der Waals surface area contributed by atoms with E-state index in [9.17, 15) is 0 Å². The highest BCUT2D eigenvalue weighted by Gasteiger charge is 2.25. The van der Waals surface area contributed by atoms with Crippen molar-refractivity contribution in [1.82, 2.24) is 9.55 Å². The highest BCUT2D eigenvalue weighted by molar-refractivity contribution is 6.30. The normalized spacial score (nSPS) is 14.9. The molecule has 0 atom stereocenters. The van der Waals surface area contributed by atoms with Crippen LogP contribution in [-0.4, -0.2) is 9.55 Å². The standard InChI is InChI=1S/C13H13ClN2O/c14-10-1-5-13(6-2-10)17-8-12-7-15-9-16(12)11-3-4-11/h1-2,5-7,9,11H,3-4,8H2. The van der Waals surface area contributed by atoms with Gasteiger partial charge in [0.15, 0.2) is 0 Å². The van der Waals surface area contributed by atoms with Crippen LogP contribution in [0.1, 0.15) is 24.6 Å². The quantitative estimate of drug-likeness (QED) is 0.829. The van der Waals surface area contributed by atoms with Crippen molar-refractivity contribution in [3.05, 3.63) is 47.5 Å². The summed E-state index contributed by atoms with van der Waals surface area (Å²) in [5, 5.41) is 0.723. The van der Waals surface area contributed by atoms with Crippen molar-refractivity contribution in [3.8, 4) is 5.75 Å². The summed E-state index contributed by atoms with van der Waals surface area (Å²) in [6.07, 6.45) is 6.26. The second kappa shape index (κ2) is 4.41. The van der Waals surface area contributed by atoms with E-state index in [-0.39, 0.29) is 0 Å². The molecule has 1 fully saturated rings. The number of halogens is 1. The first-order valence-corrected chi connectivity index (χ1v) is 6.10. The van der Waals surface area contributed by atoms with Crippen LogP contribution in [0.25, 0.3) is 0 Å². The van der Waals surface area contributed by atoms with Crippen LogP contribution in [0, 0.1) is 0 Å². The first kappa shape index (κ1) is 10.7. The van der Waals surface area contributed by atoms with Gasteiger partial charge in [-0.15, -0.1) is 0 Å². The molecule has 1 aromatic heterocycles. The molecule has 1 aliphatic rings. The predicted molar refractivity (Wildman–Crippen MR) is 66.3 cm³/mol. The van der Waals surface area contributed by atoms with Crippen molar-refractivity contribution in [1.29, 1.82) is 0 Å². The lowest BCUT2D eigenvalue weighted by atomic mass is 10.3. The molecule has 0 unspecified atom stereocenters. The van der Waals surface area contributed by atoms with Crippen LogP contribution in [0.15, 0.2) is 36.8 Å². The lowest BCUT2D eigenvalue weighted by Gasteiger charge is -2.08. The Labute approximate surface area is 105 Å². The number of rotatable bonds is 4. The summed E-state index contributed by atoms with van der Waals surface area (Å²) in [5.74, 6) is 0.831. The predicted octanol–water partition coefficient (Wildman–Crippen LogP) is 3.45. The van der Waals surface area contributed by atoms with Crippen molar-refractivity contribution in [2.75, 3.05) is 0 Å². The average molecular weight is 249 g/mol. The molecule has 17 heavy (non-hydrogen) atoms. The molecule has 0 N–H and O–H groups in total. The van der Waals surface area contributed by atoms with Gasteiger partial charge >= 0.3 is 0 Å². The Morgan fingerprint density at radius 3 is 2.76 bits per heavy atom. The maximum atomic E-state index is 5.82. The number of hydrogen-bond donors (Lipinski definition) is 0. The molecular formula is C13H13ClN2O. The van der Waals surface area contributed by atoms with Gasteiger partial charge in [-0.25, -0.2) is 4.98 Å². The monoisotopic (exact) mass is 248 g/mol. The van der Waals surface area contributed by atoms with Crippen LogP contribution in [0.3, 0.4) is 0 Å².